The van der Waals surface area contributed by atoms with Crippen LogP contribution >= 0.6 is 11.8 Å². The Balaban J connectivity index is 3.11. The highest BCUT2D eigenvalue weighted by Crippen LogP contribution is 2.45. The van der Waals surface area contributed by atoms with Gasteiger partial charge in [0, 0.05) is 8.89 Å². The number of thioether (sulfide) groups is 1. The van der Waals surface area contributed by atoms with E-state index in [4.69, 9.17) is 0 Å². The van der Waals surface area contributed by atoms with Gasteiger partial charge < -0.3 is 0 Å². The predicted octanol–water partition coefficient (Wildman–Crippen LogP) is 5.29. The topological polar surface area (TPSA) is 0 Å². The molecule has 3 heteroatoms. The summed E-state index contributed by atoms with van der Waals surface area (Å²) in [5.74, 6) is 0. The van der Waals surface area contributed by atoms with Crippen LogP contribution in [0, 0.1) is 0 Å². The molecule has 96 valence electrons. The molecular formula is C14H26SSi2. The van der Waals surface area contributed by atoms with Crippen molar-refractivity contribution in [3.8, 4) is 0 Å². The first kappa shape index (κ1) is 15.1. The van der Waals surface area contributed by atoms with E-state index >= 15 is 0 Å². The van der Waals surface area contributed by atoms with Gasteiger partial charge in [-0.2, -0.15) is 0 Å². The van der Waals surface area contributed by atoms with Crippen molar-refractivity contribution in [3.05, 3.63) is 30.3 Å². The van der Waals surface area contributed by atoms with Gasteiger partial charge in [0.15, 0.2) is 0 Å². The molecule has 0 aliphatic rings. The minimum Gasteiger partial charge on any atom is -0.126 e. The highest BCUT2D eigenvalue weighted by atomic mass is 32.2. The average Bonchev–Trinajstić information content (AvgIpc) is 2.15. The van der Waals surface area contributed by atoms with Crippen LogP contribution in [0.3, 0.4) is 0 Å². The van der Waals surface area contributed by atoms with E-state index in [1.165, 1.54) is 4.90 Å². The average molecular weight is 283 g/mol. The van der Waals surface area contributed by atoms with Gasteiger partial charge in [0.25, 0.3) is 0 Å². The summed E-state index contributed by atoms with van der Waals surface area (Å²) < 4.78 is 0.474. The Hall–Kier alpha value is 0.00377. The molecule has 0 spiro atoms. The van der Waals surface area contributed by atoms with Crippen molar-refractivity contribution in [2.45, 2.75) is 55.1 Å². The lowest BCUT2D eigenvalue weighted by molar-refractivity contribution is 1.11. The van der Waals surface area contributed by atoms with Crippen LogP contribution in [0.15, 0.2) is 35.2 Å². The van der Waals surface area contributed by atoms with Gasteiger partial charge in [0.05, 0.1) is 16.1 Å². The van der Waals surface area contributed by atoms with Gasteiger partial charge in [-0.25, -0.2) is 0 Å². The van der Waals surface area contributed by atoms with E-state index in [0.29, 0.717) is 3.99 Å². The third-order valence-electron chi connectivity index (χ3n) is 3.93. The van der Waals surface area contributed by atoms with Gasteiger partial charge in [-0.15, -0.1) is 11.8 Å². The molecule has 0 radical (unpaired) electrons. The maximum atomic E-state index is 2.52. The third kappa shape index (κ3) is 3.26. The molecule has 1 aromatic carbocycles. The zero-order valence-corrected chi connectivity index (χ0v) is 15.1. The molecule has 0 saturated carbocycles. The van der Waals surface area contributed by atoms with E-state index in [9.17, 15) is 0 Å². The SMILES string of the molecule is CC(Sc1ccccc1)([Si](C)(C)C)[Si](C)(C)C. The Morgan fingerprint density at radius 2 is 1.24 bits per heavy atom. The van der Waals surface area contributed by atoms with E-state index < -0.39 is 16.1 Å². The highest BCUT2D eigenvalue weighted by Gasteiger charge is 2.49. The largest absolute Gasteiger partial charge is 0.126 e. The van der Waals surface area contributed by atoms with Crippen LogP contribution in [0.4, 0.5) is 0 Å². The monoisotopic (exact) mass is 282 g/mol. The van der Waals surface area contributed by atoms with Crippen molar-refractivity contribution >= 4 is 27.9 Å². The normalized spacial score (nSPS) is 13.8. The second-order valence-corrected chi connectivity index (χ2v) is 20.7. The second-order valence-electron chi connectivity index (χ2n) is 6.95. The van der Waals surface area contributed by atoms with Crippen molar-refractivity contribution < 1.29 is 0 Å². The van der Waals surface area contributed by atoms with Crippen LogP contribution in [-0.2, 0) is 0 Å². The summed E-state index contributed by atoms with van der Waals surface area (Å²) in [4.78, 5) is 1.43. The van der Waals surface area contributed by atoms with Crippen molar-refractivity contribution in [1.82, 2.24) is 0 Å². The fourth-order valence-corrected chi connectivity index (χ4v) is 15.1. The summed E-state index contributed by atoms with van der Waals surface area (Å²) in [5.41, 5.74) is 0. The lowest BCUT2D eigenvalue weighted by Gasteiger charge is -2.49. The second kappa shape index (κ2) is 4.94. The van der Waals surface area contributed by atoms with Crippen LogP contribution in [0.5, 0.6) is 0 Å². The molecule has 0 unspecified atom stereocenters. The molecule has 1 rings (SSSR count). The van der Waals surface area contributed by atoms with Gasteiger partial charge >= 0.3 is 0 Å². The molecular weight excluding hydrogens is 256 g/mol. The first-order chi connectivity index (χ1) is 7.58. The Labute approximate surface area is 113 Å². The van der Waals surface area contributed by atoms with Gasteiger partial charge in [-0.05, 0) is 12.1 Å². The van der Waals surface area contributed by atoms with Crippen LogP contribution in [0.1, 0.15) is 6.92 Å². The fourth-order valence-electron chi connectivity index (χ4n) is 2.16. The number of rotatable bonds is 4. The maximum Gasteiger partial charge on any atom is 0.0592 e. The number of hydrogen-bond donors (Lipinski definition) is 0. The van der Waals surface area contributed by atoms with E-state index in [-0.39, 0.29) is 0 Å². The molecule has 0 amide bonds. The quantitative estimate of drug-likeness (QED) is 0.534. The molecule has 0 nitrogen and oxygen atoms in total. The molecule has 0 aliphatic heterocycles. The number of benzene rings is 1. The summed E-state index contributed by atoms with van der Waals surface area (Å²) in [6, 6.07) is 10.9. The van der Waals surface area contributed by atoms with E-state index in [2.05, 4.69) is 88.3 Å². The van der Waals surface area contributed by atoms with Crippen molar-refractivity contribution in [1.29, 1.82) is 0 Å². The minimum absolute atomic E-state index is 0.474. The summed E-state index contributed by atoms with van der Waals surface area (Å²) in [6.07, 6.45) is 0. The van der Waals surface area contributed by atoms with Crippen molar-refractivity contribution in [2.75, 3.05) is 0 Å². The zero-order valence-electron chi connectivity index (χ0n) is 12.3. The van der Waals surface area contributed by atoms with Crippen LogP contribution in [-0.4, -0.2) is 20.1 Å². The zero-order chi connectivity index (χ0) is 13.3. The van der Waals surface area contributed by atoms with Crippen molar-refractivity contribution in [2.24, 2.45) is 0 Å². The smallest absolute Gasteiger partial charge is 0.0592 e. The van der Waals surface area contributed by atoms with Gasteiger partial charge in [-0.1, -0.05) is 64.4 Å². The molecule has 0 N–H and O–H groups in total. The van der Waals surface area contributed by atoms with Crippen LogP contribution in [0.2, 0.25) is 39.3 Å². The summed E-state index contributed by atoms with van der Waals surface area (Å²) in [7, 11) is -2.41. The first-order valence-corrected chi connectivity index (χ1v) is 14.1. The Morgan fingerprint density at radius 1 is 0.824 bits per heavy atom. The molecule has 1 aromatic rings. The molecule has 17 heavy (non-hydrogen) atoms. The Kier molecular flexibility index (Phi) is 4.38. The van der Waals surface area contributed by atoms with E-state index in [0.717, 1.165) is 0 Å². The molecule has 0 saturated heterocycles. The molecule has 0 atom stereocenters. The molecule has 0 bridgehead atoms. The van der Waals surface area contributed by atoms with Crippen LogP contribution < -0.4 is 0 Å². The number of hydrogen-bond acceptors (Lipinski definition) is 1. The summed E-state index contributed by atoms with van der Waals surface area (Å²) in [5, 5.41) is 0. The minimum atomic E-state index is -1.20. The van der Waals surface area contributed by atoms with E-state index in [1.54, 1.807) is 0 Å². The van der Waals surface area contributed by atoms with Crippen molar-refractivity contribution in [3.63, 3.8) is 0 Å². The maximum absolute atomic E-state index is 2.52. The van der Waals surface area contributed by atoms with Gasteiger partial charge in [0.2, 0.25) is 0 Å². The van der Waals surface area contributed by atoms with E-state index in [1.807, 2.05) is 0 Å². The third-order valence-corrected chi connectivity index (χ3v) is 19.4. The van der Waals surface area contributed by atoms with Gasteiger partial charge in [0.1, 0.15) is 0 Å². The summed E-state index contributed by atoms with van der Waals surface area (Å²) in [6.45, 7) is 17.6. The molecule has 0 aliphatic carbocycles. The van der Waals surface area contributed by atoms with Crippen LogP contribution in [0.25, 0.3) is 0 Å². The predicted molar refractivity (Wildman–Crippen MR) is 87.4 cm³/mol. The summed E-state index contributed by atoms with van der Waals surface area (Å²) >= 11 is 2.13. The standard InChI is InChI=1S/C14H26SSi2/c1-14(16(2,3)4,17(5,6)7)15-13-11-9-8-10-12-13/h8-12H,1-7H3. The molecule has 0 heterocycles. The van der Waals surface area contributed by atoms with Gasteiger partial charge in [-0.3, -0.25) is 0 Å². The molecule has 0 aromatic heterocycles. The highest BCUT2D eigenvalue weighted by molar-refractivity contribution is 8.04. The lowest BCUT2D eigenvalue weighted by Crippen LogP contribution is -2.62. The first-order valence-electron chi connectivity index (χ1n) is 6.32. The fraction of sp³-hybridized carbons (Fsp3) is 0.571. The Morgan fingerprint density at radius 3 is 1.59 bits per heavy atom. The molecule has 0 fully saturated rings. The Bertz CT molecular complexity index is 346. The lowest BCUT2D eigenvalue weighted by atomic mass is 10.4.